The SMILES string of the molecule is CCCCCCCCCCCCCCCCOCCOCCOCCOCCOCCOCCCCCCCCCCCCC. The quantitative estimate of drug-likeness (QED) is 0.0616. The Morgan fingerprint density at radius 1 is 0.178 bits per heavy atom. The first-order valence-electron chi connectivity index (χ1n) is 19.9. The molecular formula is C39H80O6. The Labute approximate surface area is 281 Å². The molecule has 0 aromatic rings. The lowest BCUT2D eigenvalue weighted by Gasteiger charge is -2.08. The molecule has 0 aliphatic rings. The third kappa shape index (κ3) is 43.8. The van der Waals surface area contributed by atoms with Gasteiger partial charge in [-0.15, -0.1) is 0 Å². The molecule has 0 spiro atoms. The van der Waals surface area contributed by atoms with Crippen LogP contribution in [0.15, 0.2) is 0 Å². The normalized spacial score (nSPS) is 11.6. The molecule has 0 saturated heterocycles. The maximum Gasteiger partial charge on any atom is 0.0701 e. The molecule has 0 N–H and O–H groups in total. The van der Waals surface area contributed by atoms with Crippen LogP contribution in [0.2, 0.25) is 0 Å². The molecule has 272 valence electrons. The van der Waals surface area contributed by atoms with E-state index in [1.807, 2.05) is 0 Å². The summed E-state index contributed by atoms with van der Waals surface area (Å²) < 4.78 is 33.6. The lowest BCUT2D eigenvalue weighted by atomic mass is 10.0. The summed E-state index contributed by atoms with van der Waals surface area (Å²) >= 11 is 0. The Bertz CT molecular complexity index is 450. The van der Waals surface area contributed by atoms with E-state index < -0.39 is 0 Å². The molecule has 6 nitrogen and oxygen atoms in total. The highest BCUT2D eigenvalue weighted by atomic mass is 16.6. The van der Waals surface area contributed by atoms with E-state index in [1.165, 1.54) is 154 Å². The molecule has 0 radical (unpaired) electrons. The number of hydrogen-bond donors (Lipinski definition) is 0. The van der Waals surface area contributed by atoms with Crippen LogP contribution in [-0.2, 0) is 28.4 Å². The van der Waals surface area contributed by atoms with Gasteiger partial charge in [-0.05, 0) is 12.8 Å². The largest absolute Gasteiger partial charge is 0.379 e. The zero-order chi connectivity index (χ0) is 32.4. The highest BCUT2D eigenvalue weighted by molar-refractivity contribution is 4.50. The molecule has 6 heteroatoms. The molecule has 0 bridgehead atoms. The Hall–Kier alpha value is -0.240. The molecule has 0 heterocycles. The van der Waals surface area contributed by atoms with Crippen molar-refractivity contribution in [3.8, 4) is 0 Å². The fourth-order valence-corrected chi connectivity index (χ4v) is 5.47. The lowest BCUT2D eigenvalue weighted by Crippen LogP contribution is -2.14. The Balaban J connectivity index is 3.03. The molecule has 0 amide bonds. The van der Waals surface area contributed by atoms with E-state index in [4.69, 9.17) is 28.4 Å². The third-order valence-electron chi connectivity index (χ3n) is 8.39. The van der Waals surface area contributed by atoms with Crippen LogP contribution in [0.3, 0.4) is 0 Å². The Kier molecular flexibility index (Phi) is 43.5. The van der Waals surface area contributed by atoms with Crippen LogP contribution in [-0.4, -0.2) is 79.3 Å². The predicted molar refractivity (Wildman–Crippen MR) is 192 cm³/mol. The van der Waals surface area contributed by atoms with Crippen molar-refractivity contribution in [2.24, 2.45) is 0 Å². The van der Waals surface area contributed by atoms with Crippen LogP contribution in [0.1, 0.15) is 174 Å². The predicted octanol–water partition coefficient (Wildman–Crippen LogP) is 10.9. The second-order valence-corrected chi connectivity index (χ2v) is 12.8. The summed E-state index contributed by atoms with van der Waals surface area (Å²) in [5.41, 5.74) is 0. The van der Waals surface area contributed by atoms with E-state index in [0.717, 1.165) is 19.6 Å². The standard InChI is InChI=1S/C39H80O6/c1-3-5-7-9-11-13-15-16-17-19-21-23-25-27-29-41-31-33-43-35-37-45-39-38-44-36-34-42-32-30-40-28-26-24-22-20-18-14-12-10-8-6-4-2/h3-39H2,1-2H3. The van der Waals surface area contributed by atoms with E-state index in [1.54, 1.807) is 0 Å². The number of rotatable bonds is 42. The van der Waals surface area contributed by atoms with Gasteiger partial charge in [0.2, 0.25) is 0 Å². The zero-order valence-corrected chi connectivity index (χ0v) is 30.6. The Morgan fingerprint density at radius 3 is 0.533 bits per heavy atom. The van der Waals surface area contributed by atoms with Crippen molar-refractivity contribution in [3.63, 3.8) is 0 Å². The van der Waals surface area contributed by atoms with Gasteiger partial charge >= 0.3 is 0 Å². The van der Waals surface area contributed by atoms with E-state index in [2.05, 4.69) is 13.8 Å². The van der Waals surface area contributed by atoms with Gasteiger partial charge in [0.15, 0.2) is 0 Å². The topological polar surface area (TPSA) is 55.4 Å². The van der Waals surface area contributed by atoms with Gasteiger partial charge in [-0.25, -0.2) is 0 Å². The molecular weight excluding hydrogens is 564 g/mol. The summed E-state index contributed by atoms with van der Waals surface area (Å²) in [5.74, 6) is 0. The minimum atomic E-state index is 0.584. The summed E-state index contributed by atoms with van der Waals surface area (Å²) in [6.45, 7) is 12.4. The van der Waals surface area contributed by atoms with Crippen molar-refractivity contribution >= 4 is 0 Å². The zero-order valence-electron chi connectivity index (χ0n) is 30.6. The van der Waals surface area contributed by atoms with Gasteiger partial charge in [0, 0.05) is 13.2 Å². The smallest absolute Gasteiger partial charge is 0.0701 e. The van der Waals surface area contributed by atoms with Crippen LogP contribution in [0.4, 0.5) is 0 Å². The van der Waals surface area contributed by atoms with Crippen LogP contribution in [0.25, 0.3) is 0 Å². The van der Waals surface area contributed by atoms with Crippen molar-refractivity contribution in [1.82, 2.24) is 0 Å². The molecule has 0 fully saturated rings. The van der Waals surface area contributed by atoms with Crippen LogP contribution < -0.4 is 0 Å². The average molecular weight is 645 g/mol. The molecule has 0 aliphatic heterocycles. The van der Waals surface area contributed by atoms with Crippen molar-refractivity contribution in [3.05, 3.63) is 0 Å². The monoisotopic (exact) mass is 645 g/mol. The van der Waals surface area contributed by atoms with Gasteiger partial charge in [-0.2, -0.15) is 0 Å². The minimum Gasteiger partial charge on any atom is -0.379 e. The highest BCUT2D eigenvalue weighted by Crippen LogP contribution is 2.13. The lowest BCUT2D eigenvalue weighted by molar-refractivity contribution is -0.0169. The van der Waals surface area contributed by atoms with Gasteiger partial charge in [-0.3, -0.25) is 0 Å². The maximum atomic E-state index is 5.69. The van der Waals surface area contributed by atoms with Gasteiger partial charge in [0.1, 0.15) is 0 Å². The molecule has 45 heavy (non-hydrogen) atoms. The van der Waals surface area contributed by atoms with Gasteiger partial charge in [0.25, 0.3) is 0 Å². The fraction of sp³-hybridized carbons (Fsp3) is 1.00. The Morgan fingerprint density at radius 2 is 0.333 bits per heavy atom. The van der Waals surface area contributed by atoms with E-state index >= 15 is 0 Å². The van der Waals surface area contributed by atoms with Crippen LogP contribution >= 0.6 is 0 Å². The molecule has 0 atom stereocenters. The maximum absolute atomic E-state index is 5.69. The van der Waals surface area contributed by atoms with Gasteiger partial charge < -0.3 is 28.4 Å². The van der Waals surface area contributed by atoms with Gasteiger partial charge in [0.05, 0.1) is 66.1 Å². The summed E-state index contributed by atoms with van der Waals surface area (Å²) in [6, 6.07) is 0. The minimum absolute atomic E-state index is 0.584. The third-order valence-corrected chi connectivity index (χ3v) is 8.39. The summed E-state index contributed by atoms with van der Waals surface area (Å²) in [7, 11) is 0. The second-order valence-electron chi connectivity index (χ2n) is 12.8. The molecule has 0 aromatic carbocycles. The summed E-state index contributed by atoms with van der Waals surface area (Å²) in [5, 5.41) is 0. The van der Waals surface area contributed by atoms with Crippen molar-refractivity contribution < 1.29 is 28.4 Å². The fourth-order valence-electron chi connectivity index (χ4n) is 5.47. The number of hydrogen-bond acceptors (Lipinski definition) is 6. The molecule has 0 saturated carbocycles. The highest BCUT2D eigenvalue weighted by Gasteiger charge is 1.97. The molecule has 0 aliphatic carbocycles. The van der Waals surface area contributed by atoms with Crippen molar-refractivity contribution in [2.75, 3.05) is 79.3 Å². The first-order chi connectivity index (χ1) is 22.4. The van der Waals surface area contributed by atoms with E-state index in [0.29, 0.717) is 66.1 Å². The number of ether oxygens (including phenoxy) is 6. The second kappa shape index (κ2) is 43.8. The van der Waals surface area contributed by atoms with Crippen molar-refractivity contribution in [2.45, 2.75) is 174 Å². The van der Waals surface area contributed by atoms with Crippen molar-refractivity contribution in [1.29, 1.82) is 0 Å². The first-order valence-corrected chi connectivity index (χ1v) is 19.9. The summed E-state index contributed by atoms with van der Waals surface area (Å²) in [4.78, 5) is 0. The molecule has 0 unspecified atom stereocenters. The van der Waals surface area contributed by atoms with E-state index in [9.17, 15) is 0 Å². The summed E-state index contributed by atoms with van der Waals surface area (Å²) in [6.07, 6.45) is 34.4. The number of unbranched alkanes of at least 4 members (excludes halogenated alkanes) is 23. The van der Waals surface area contributed by atoms with Gasteiger partial charge in [-0.1, -0.05) is 162 Å². The molecule has 0 aromatic heterocycles. The average Bonchev–Trinajstić information content (AvgIpc) is 3.05. The van der Waals surface area contributed by atoms with E-state index in [-0.39, 0.29) is 0 Å². The van der Waals surface area contributed by atoms with Crippen LogP contribution in [0.5, 0.6) is 0 Å². The van der Waals surface area contributed by atoms with Crippen LogP contribution in [0, 0.1) is 0 Å². The molecule has 0 rings (SSSR count). The first kappa shape index (κ1) is 44.8.